The molecule has 5 nitrogen and oxygen atoms in total. The lowest BCUT2D eigenvalue weighted by Crippen LogP contribution is -2.21. The summed E-state index contributed by atoms with van der Waals surface area (Å²) >= 11 is 6.07. The number of aromatic nitrogens is 3. The van der Waals surface area contributed by atoms with Crippen molar-refractivity contribution in [1.82, 2.24) is 15.0 Å². The molecule has 0 spiro atoms. The van der Waals surface area contributed by atoms with Crippen LogP contribution < -0.4 is 10.6 Å². The summed E-state index contributed by atoms with van der Waals surface area (Å²) in [6, 6.07) is 16.8. The number of anilines is 3. The fourth-order valence-corrected chi connectivity index (χ4v) is 3.24. The fourth-order valence-electron chi connectivity index (χ4n) is 3.08. The van der Waals surface area contributed by atoms with E-state index in [1.165, 1.54) is 16.7 Å². The smallest absolute Gasteiger partial charge is 0.233 e. The topological polar surface area (TPSA) is 62.7 Å². The number of aryl methyl sites for hydroxylation is 1. The number of fused-ring (bicyclic) bond motifs is 1. The van der Waals surface area contributed by atoms with E-state index < -0.39 is 0 Å². The van der Waals surface area contributed by atoms with E-state index >= 15 is 0 Å². The Morgan fingerprint density at radius 2 is 1.52 bits per heavy atom. The first-order valence-corrected chi connectivity index (χ1v) is 8.62. The fraction of sp³-hybridized carbons (Fsp3) is 0.211. The molecule has 1 heterocycles. The molecule has 3 aromatic rings. The van der Waals surface area contributed by atoms with Crippen molar-refractivity contribution in [2.75, 3.05) is 10.6 Å². The highest BCUT2D eigenvalue weighted by molar-refractivity contribution is 6.28. The quantitative estimate of drug-likeness (QED) is 0.739. The van der Waals surface area contributed by atoms with Gasteiger partial charge in [-0.05, 0) is 54.6 Å². The van der Waals surface area contributed by atoms with Crippen LogP contribution in [0.1, 0.15) is 16.7 Å². The Hall–Kier alpha value is -2.66. The van der Waals surface area contributed by atoms with Crippen LogP contribution >= 0.6 is 11.6 Å². The van der Waals surface area contributed by atoms with Crippen LogP contribution in [0.3, 0.4) is 0 Å². The third kappa shape index (κ3) is 3.72. The zero-order valence-electron chi connectivity index (χ0n) is 13.8. The van der Waals surface area contributed by atoms with E-state index in [4.69, 9.17) is 11.6 Å². The molecule has 0 bridgehead atoms. The summed E-state index contributed by atoms with van der Waals surface area (Å²) in [5, 5.41) is 6.71. The molecule has 0 amide bonds. The summed E-state index contributed by atoms with van der Waals surface area (Å²) < 4.78 is 0. The van der Waals surface area contributed by atoms with Gasteiger partial charge in [0.1, 0.15) is 0 Å². The summed E-state index contributed by atoms with van der Waals surface area (Å²) in [7, 11) is 0. The summed E-state index contributed by atoms with van der Waals surface area (Å²) in [6.07, 6.45) is 1.92. The van der Waals surface area contributed by atoms with Crippen LogP contribution in [0, 0.1) is 6.92 Å². The van der Waals surface area contributed by atoms with Gasteiger partial charge in [0.25, 0.3) is 0 Å². The standard InChI is InChI=1S/C19H18ClN5/c1-12-6-8-15(9-7-12)21-18-23-17(20)24-19(25-18)22-16-10-13-4-2-3-5-14(13)11-16/h2-9,16H,10-11H2,1H3,(H2,21,22,23,24,25). The van der Waals surface area contributed by atoms with E-state index in [-0.39, 0.29) is 11.3 Å². The molecule has 1 aromatic heterocycles. The molecule has 0 unspecified atom stereocenters. The zero-order chi connectivity index (χ0) is 17.2. The molecule has 2 aromatic carbocycles. The second-order valence-electron chi connectivity index (χ2n) is 6.26. The first kappa shape index (κ1) is 15.8. The molecular weight excluding hydrogens is 334 g/mol. The van der Waals surface area contributed by atoms with Gasteiger partial charge in [0.2, 0.25) is 17.2 Å². The minimum absolute atomic E-state index is 0.169. The molecule has 4 rings (SSSR count). The van der Waals surface area contributed by atoms with Crippen LogP contribution in [0.25, 0.3) is 0 Å². The van der Waals surface area contributed by atoms with Crippen molar-refractivity contribution in [1.29, 1.82) is 0 Å². The van der Waals surface area contributed by atoms with E-state index in [1.54, 1.807) is 0 Å². The number of nitrogens with zero attached hydrogens (tertiary/aromatic N) is 3. The summed E-state index contributed by atoms with van der Waals surface area (Å²) in [5.74, 6) is 0.925. The van der Waals surface area contributed by atoms with Gasteiger partial charge in [0.15, 0.2) is 0 Å². The number of benzene rings is 2. The largest absolute Gasteiger partial charge is 0.351 e. The molecular formula is C19H18ClN5. The molecule has 1 aliphatic rings. The molecule has 0 aliphatic heterocycles. The average molecular weight is 352 g/mol. The van der Waals surface area contributed by atoms with Crippen LogP contribution in [0.4, 0.5) is 17.6 Å². The van der Waals surface area contributed by atoms with Gasteiger partial charge in [-0.15, -0.1) is 0 Å². The Bertz CT molecular complexity index is 870. The Morgan fingerprint density at radius 3 is 2.20 bits per heavy atom. The van der Waals surface area contributed by atoms with E-state index in [2.05, 4.69) is 49.9 Å². The maximum absolute atomic E-state index is 6.07. The van der Waals surface area contributed by atoms with Crippen LogP contribution in [0.2, 0.25) is 5.28 Å². The number of rotatable bonds is 4. The number of hydrogen-bond donors (Lipinski definition) is 2. The molecule has 6 heteroatoms. The Labute approximate surface area is 151 Å². The Morgan fingerprint density at radius 1 is 0.880 bits per heavy atom. The molecule has 0 fully saturated rings. The van der Waals surface area contributed by atoms with Crippen LogP contribution in [-0.2, 0) is 12.8 Å². The minimum atomic E-state index is 0.169. The lowest BCUT2D eigenvalue weighted by atomic mass is 10.1. The highest BCUT2D eigenvalue weighted by Gasteiger charge is 2.21. The Kier molecular flexibility index (Phi) is 4.24. The third-order valence-electron chi connectivity index (χ3n) is 4.30. The van der Waals surface area contributed by atoms with Crippen LogP contribution in [0.15, 0.2) is 48.5 Å². The second-order valence-corrected chi connectivity index (χ2v) is 6.60. The molecule has 126 valence electrons. The highest BCUT2D eigenvalue weighted by Crippen LogP contribution is 2.24. The van der Waals surface area contributed by atoms with E-state index in [1.807, 2.05) is 31.2 Å². The van der Waals surface area contributed by atoms with Gasteiger partial charge >= 0.3 is 0 Å². The first-order chi connectivity index (χ1) is 12.2. The van der Waals surface area contributed by atoms with Gasteiger partial charge in [-0.2, -0.15) is 15.0 Å². The van der Waals surface area contributed by atoms with Crippen molar-refractivity contribution in [2.45, 2.75) is 25.8 Å². The average Bonchev–Trinajstić information content (AvgIpc) is 2.98. The molecule has 0 saturated carbocycles. The summed E-state index contributed by atoms with van der Waals surface area (Å²) in [4.78, 5) is 12.8. The predicted molar refractivity (Wildman–Crippen MR) is 101 cm³/mol. The molecule has 25 heavy (non-hydrogen) atoms. The lowest BCUT2D eigenvalue weighted by molar-refractivity contribution is 0.760. The SMILES string of the molecule is Cc1ccc(Nc2nc(Cl)nc(NC3Cc4ccccc4C3)n2)cc1. The monoisotopic (exact) mass is 351 g/mol. The zero-order valence-corrected chi connectivity index (χ0v) is 14.6. The van der Waals surface area contributed by atoms with Gasteiger partial charge < -0.3 is 10.6 Å². The van der Waals surface area contributed by atoms with Crippen LogP contribution in [-0.4, -0.2) is 21.0 Å². The summed E-state index contributed by atoms with van der Waals surface area (Å²) in [6.45, 7) is 2.05. The second kappa shape index (κ2) is 6.69. The maximum Gasteiger partial charge on any atom is 0.233 e. The number of nitrogens with one attached hydrogen (secondary N) is 2. The van der Waals surface area contributed by atoms with Gasteiger partial charge in [0, 0.05) is 11.7 Å². The van der Waals surface area contributed by atoms with Gasteiger partial charge in [0.05, 0.1) is 0 Å². The normalized spacial score (nSPS) is 13.5. The van der Waals surface area contributed by atoms with E-state index in [0.717, 1.165) is 18.5 Å². The van der Waals surface area contributed by atoms with Crippen molar-refractivity contribution in [3.05, 3.63) is 70.5 Å². The summed E-state index contributed by atoms with van der Waals surface area (Å²) in [5.41, 5.74) is 4.85. The maximum atomic E-state index is 6.07. The number of hydrogen-bond acceptors (Lipinski definition) is 5. The van der Waals surface area contributed by atoms with Crippen molar-refractivity contribution in [3.8, 4) is 0 Å². The Balaban J connectivity index is 1.49. The van der Waals surface area contributed by atoms with Crippen molar-refractivity contribution < 1.29 is 0 Å². The van der Waals surface area contributed by atoms with E-state index in [0.29, 0.717) is 11.9 Å². The van der Waals surface area contributed by atoms with E-state index in [9.17, 15) is 0 Å². The highest BCUT2D eigenvalue weighted by atomic mass is 35.5. The van der Waals surface area contributed by atoms with Crippen molar-refractivity contribution >= 4 is 29.2 Å². The van der Waals surface area contributed by atoms with Crippen LogP contribution in [0.5, 0.6) is 0 Å². The minimum Gasteiger partial charge on any atom is -0.351 e. The predicted octanol–water partition coefficient (Wildman–Crippen LogP) is 4.16. The first-order valence-electron chi connectivity index (χ1n) is 8.24. The van der Waals surface area contributed by atoms with Crippen molar-refractivity contribution in [3.63, 3.8) is 0 Å². The third-order valence-corrected chi connectivity index (χ3v) is 4.47. The van der Waals surface area contributed by atoms with Gasteiger partial charge in [-0.3, -0.25) is 0 Å². The molecule has 2 N–H and O–H groups in total. The molecule has 0 radical (unpaired) electrons. The molecule has 0 atom stereocenters. The van der Waals surface area contributed by atoms with Crippen molar-refractivity contribution in [2.24, 2.45) is 0 Å². The molecule has 0 saturated heterocycles. The van der Waals surface area contributed by atoms with Gasteiger partial charge in [-0.25, -0.2) is 0 Å². The molecule has 1 aliphatic carbocycles. The number of halogens is 1. The van der Waals surface area contributed by atoms with Gasteiger partial charge in [-0.1, -0.05) is 42.0 Å². The lowest BCUT2D eigenvalue weighted by Gasteiger charge is -2.13.